The molecule has 0 bridgehead atoms. The molecule has 2 aromatic heterocycles. The number of phenols is 1. The molecule has 100 valence electrons. The maximum atomic E-state index is 9.39. The lowest BCUT2D eigenvalue weighted by molar-refractivity contribution is 0.424. The van der Waals surface area contributed by atoms with Crippen LogP contribution < -0.4 is 5.73 Å². The number of nitrogens with two attached hydrogens (primary N) is 1. The minimum atomic E-state index is 0.0327. The molecule has 3 aromatic rings. The summed E-state index contributed by atoms with van der Waals surface area (Å²) >= 11 is 0. The second-order valence-corrected chi connectivity index (χ2v) is 4.32. The fourth-order valence-electron chi connectivity index (χ4n) is 1.81. The van der Waals surface area contributed by atoms with Crippen molar-refractivity contribution < 1.29 is 9.63 Å². The maximum Gasteiger partial charge on any atom is 0.258 e. The predicted octanol–water partition coefficient (Wildman–Crippen LogP) is 2.01. The molecule has 3 N–H and O–H groups in total. The van der Waals surface area contributed by atoms with Gasteiger partial charge in [0.15, 0.2) is 5.82 Å². The number of aromatic nitrogens is 3. The molecule has 0 unspecified atom stereocenters. The van der Waals surface area contributed by atoms with E-state index in [-0.39, 0.29) is 11.4 Å². The van der Waals surface area contributed by atoms with Gasteiger partial charge in [0, 0.05) is 24.4 Å². The second kappa shape index (κ2) is 5.00. The number of hydrogen-bond acceptors (Lipinski definition) is 6. The fraction of sp³-hybridized carbons (Fsp3) is 0.0714. The van der Waals surface area contributed by atoms with Crippen molar-refractivity contribution in [3.63, 3.8) is 0 Å². The highest BCUT2D eigenvalue weighted by Gasteiger charge is 2.10. The van der Waals surface area contributed by atoms with E-state index in [1.807, 2.05) is 12.1 Å². The number of nitrogens with zero attached hydrogens (tertiary/aromatic N) is 3. The van der Waals surface area contributed by atoms with Gasteiger partial charge >= 0.3 is 0 Å². The van der Waals surface area contributed by atoms with Crippen LogP contribution in [-0.4, -0.2) is 20.2 Å². The molecule has 0 saturated carbocycles. The van der Waals surface area contributed by atoms with E-state index >= 15 is 0 Å². The molecule has 2 heterocycles. The average molecular weight is 268 g/mol. The molecule has 3 rings (SSSR count). The van der Waals surface area contributed by atoms with Crippen LogP contribution in [0.2, 0.25) is 0 Å². The zero-order valence-electron chi connectivity index (χ0n) is 10.5. The topological polar surface area (TPSA) is 98.1 Å². The van der Waals surface area contributed by atoms with E-state index in [9.17, 15) is 5.11 Å². The van der Waals surface area contributed by atoms with Gasteiger partial charge in [-0.25, -0.2) is 0 Å². The van der Waals surface area contributed by atoms with E-state index in [1.165, 1.54) is 6.07 Å². The maximum absolute atomic E-state index is 9.39. The molecule has 0 aliphatic rings. The Balaban J connectivity index is 1.84. The van der Waals surface area contributed by atoms with Gasteiger partial charge in [0.25, 0.3) is 5.89 Å². The largest absolute Gasteiger partial charge is 0.506 e. The van der Waals surface area contributed by atoms with Gasteiger partial charge in [0.1, 0.15) is 5.75 Å². The Labute approximate surface area is 114 Å². The first-order chi connectivity index (χ1) is 9.72. The third-order valence-corrected chi connectivity index (χ3v) is 2.85. The fourth-order valence-corrected chi connectivity index (χ4v) is 1.81. The average Bonchev–Trinajstić information content (AvgIpc) is 2.91. The molecular formula is C14H12N4O2. The van der Waals surface area contributed by atoms with Crippen LogP contribution in [0.5, 0.6) is 5.75 Å². The summed E-state index contributed by atoms with van der Waals surface area (Å²) in [7, 11) is 0. The Kier molecular flexibility index (Phi) is 3.04. The predicted molar refractivity (Wildman–Crippen MR) is 72.9 cm³/mol. The van der Waals surface area contributed by atoms with E-state index < -0.39 is 0 Å². The first kappa shape index (κ1) is 12.2. The molecule has 0 radical (unpaired) electrons. The quantitative estimate of drug-likeness (QED) is 0.557. The summed E-state index contributed by atoms with van der Waals surface area (Å²) in [4.78, 5) is 8.27. The van der Waals surface area contributed by atoms with Crippen molar-refractivity contribution in [2.75, 3.05) is 5.73 Å². The van der Waals surface area contributed by atoms with E-state index in [0.717, 1.165) is 5.56 Å². The van der Waals surface area contributed by atoms with Gasteiger partial charge in [-0.05, 0) is 35.9 Å². The summed E-state index contributed by atoms with van der Waals surface area (Å²) in [6, 6.07) is 8.56. The summed E-state index contributed by atoms with van der Waals surface area (Å²) in [6.45, 7) is 0. The van der Waals surface area contributed by atoms with Crippen LogP contribution in [-0.2, 0) is 6.42 Å². The van der Waals surface area contributed by atoms with Crippen molar-refractivity contribution in [1.29, 1.82) is 0 Å². The lowest BCUT2D eigenvalue weighted by Crippen LogP contribution is -1.91. The van der Waals surface area contributed by atoms with Gasteiger partial charge in [-0.2, -0.15) is 4.98 Å². The van der Waals surface area contributed by atoms with Gasteiger partial charge in [-0.15, -0.1) is 0 Å². The third kappa shape index (κ3) is 2.44. The Bertz CT molecular complexity index is 725. The van der Waals surface area contributed by atoms with Gasteiger partial charge in [-0.1, -0.05) is 5.16 Å². The zero-order valence-corrected chi connectivity index (χ0v) is 10.5. The first-order valence-electron chi connectivity index (χ1n) is 6.03. The van der Waals surface area contributed by atoms with Crippen LogP contribution in [0.25, 0.3) is 11.5 Å². The molecule has 0 aliphatic carbocycles. The van der Waals surface area contributed by atoms with Crippen LogP contribution in [0.3, 0.4) is 0 Å². The number of anilines is 1. The molecule has 20 heavy (non-hydrogen) atoms. The number of hydrogen-bond donors (Lipinski definition) is 2. The Morgan fingerprint density at radius 1 is 1.15 bits per heavy atom. The number of aromatic hydroxyl groups is 1. The summed E-state index contributed by atoms with van der Waals surface area (Å²) in [5, 5.41) is 13.3. The van der Waals surface area contributed by atoms with Crippen LogP contribution in [0.1, 0.15) is 11.4 Å². The van der Waals surface area contributed by atoms with Gasteiger partial charge in [0.2, 0.25) is 0 Å². The van der Waals surface area contributed by atoms with E-state index in [2.05, 4.69) is 15.1 Å². The van der Waals surface area contributed by atoms with Crippen LogP contribution >= 0.6 is 0 Å². The SMILES string of the molecule is Nc1cc(-c2nc(Cc3ccncc3)no2)ccc1O. The van der Waals surface area contributed by atoms with Gasteiger partial charge in [-0.3, -0.25) is 4.98 Å². The third-order valence-electron chi connectivity index (χ3n) is 2.85. The van der Waals surface area contributed by atoms with Crippen molar-refractivity contribution in [3.8, 4) is 17.2 Å². The summed E-state index contributed by atoms with van der Waals surface area (Å²) < 4.78 is 5.20. The number of nitrogen functional groups attached to an aromatic ring is 1. The van der Waals surface area contributed by atoms with Crippen LogP contribution in [0, 0.1) is 0 Å². The second-order valence-electron chi connectivity index (χ2n) is 4.32. The summed E-state index contributed by atoms with van der Waals surface area (Å²) in [6.07, 6.45) is 4.01. The minimum absolute atomic E-state index is 0.0327. The number of benzene rings is 1. The molecule has 0 spiro atoms. The minimum Gasteiger partial charge on any atom is -0.506 e. The molecule has 0 aliphatic heterocycles. The van der Waals surface area contributed by atoms with Crippen molar-refractivity contribution >= 4 is 5.69 Å². The number of pyridine rings is 1. The standard InChI is InChI=1S/C14H12N4O2/c15-11-8-10(1-2-12(11)19)14-17-13(18-20-14)7-9-3-5-16-6-4-9/h1-6,8,19H,7,15H2. The smallest absolute Gasteiger partial charge is 0.258 e. The Hall–Kier alpha value is -2.89. The van der Waals surface area contributed by atoms with Crippen molar-refractivity contribution in [2.45, 2.75) is 6.42 Å². The van der Waals surface area contributed by atoms with E-state index in [1.54, 1.807) is 24.5 Å². The van der Waals surface area contributed by atoms with Crippen LogP contribution in [0.4, 0.5) is 5.69 Å². The normalized spacial score (nSPS) is 10.6. The molecular weight excluding hydrogens is 256 g/mol. The molecule has 0 amide bonds. The highest BCUT2D eigenvalue weighted by molar-refractivity contribution is 5.64. The van der Waals surface area contributed by atoms with E-state index in [0.29, 0.717) is 23.7 Å². The molecule has 0 atom stereocenters. The Morgan fingerprint density at radius 3 is 2.70 bits per heavy atom. The highest BCUT2D eigenvalue weighted by Crippen LogP contribution is 2.26. The number of phenolic OH excluding ortho intramolecular Hbond substituents is 1. The van der Waals surface area contributed by atoms with Crippen LogP contribution in [0.15, 0.2) is 47.2 Å². The summed E-state index contributed by atoms with van der Waals surface area (Å²) in [5.74, 6) is 0.990. The van der Waals surface area contributed by atoms with Crippen molar-refractivity contribution in [2.24, 2.45) is 0 Å². The monoisotopic (exact) mass is 268 g/mol. The summed E-state index contributed by atoms with van der Waals surface area (Å²) in [5.41, 5.74) is 7.64. The van der Waals surface area contributed by atoms with Gasteiger partial charge < -0.3 is 15.4 Å². The molecule has 0 saturated heterocycles. The van der Waals surface area contributed by atoms with E-state index in [4.69, 9.17) is 10.3 Å². The zero-order chi connectivity index (χ0) is 13.9. The molecule has 6 heteroatoms. The molecule has 1 aromatic carbocycles. The highest BCUT2D eigenvalue weighted by atomic mass is 16.5. The molecule has 0 fully saturated rings. The number of rotatable bonds is 3. The lowest BCUT2D eigenvalue weighted by Gasteiger charge is -1.99. The van der Waals surface area contributed by atoms with Crippen molar-refractivity contribution in [1.82, 2.24) is 15.1 Å². The lowest BCUT2D eigenvalue weighted by atomic mass is 10.2. The van der Waals surface area contributed by atoms with Gasteiger partial charge in [0.05, 0.1) is 5.69 Å². The Morgan fingerprint density at radius 2 is 1.95 bits per heavy atom. The first-order valence-corrected chi connectivity index (χ1v) is 6.03. The van der Waals surface area contributed by atoms with Crippen molar-refractivity contribution in [3.05, 3.63) is 54.1 Å². The molecule has 6 nitrogen and oxygen atoms in total.